The van der Waals surface area contributed by atoms with Crippen LogP contribution in [-0.2, 0) is 0 Å². The highest BCUT2D eigenvalue weighted by Crippen LogP contribution is 2.48. The van der Waals surface area contributed by atoms with Gasteiger partial charge in [0.1, 0.15) is 0 Å². The zero-order chi connectivity index (χ0) is 16.1. The summed E-state index contributed by atoms with van der Waals surface area (Å²) in [5, 5.41) is 0. The molecule has 0 aromatic rings. The lowest BCUT2D eigenvalue weighted by atomic mass is 9.60. The van der Waals surface area contributed by atoms with Gasteiger partial charge in [0, 0.05) is 0 Å². The van der Waals surface area contributed by atoms with E-state index in [9.17, 15) is 0 Å². The highest BCUT2D eigenvalue weighted by Gasteiger charge is 2.39. The molecule has 0 amide bonds. The third-order valence-corrected chi connectivity index (χ3v) is 5.76. The van der Waals surface area contributed by atoms with Crippen LogP contribution in [0.5, 0.6) is 0 Å². The predicted octanol–water partition coefficient (Wildman–Crippen LogP) is 6.72. The lowest BCUT2D eigenvalue weighted by Gasteiger charge is -2.45. The number of rotatable bonds is 7. The molecule has 0 spiro atoms. The van der Waals surface area contributed by atoms with E-state index in [1.54, 1.807) is 5.57 Å². The minimum absolute atomic E-state index is 0.701. The molecule has 0 aromatic heterocycles. The topological polar surface area (TPSA) is 0 Å². The minimum Gasteiger partial charge on any atom is -0.103 e. The third kappa shape index (κ3) is 4.03. The first-order valence-electron chi connectivity index (χ1n) is 9.18. The Bertz CT molecular complexity index is 451. The van der Waals surface area contributed by atoms with Crippen LogP contribution in [0.1, 0.15) is 59.3 Å². The molecule has 0 nitrogen and oxygen atoms in total. The van der Waals surface area contributed by atoms with Gasteiger partial charge in [-0.2, -0.15) is 0 Å². The average Bonchev–Trinajstić information content (AvgIpc) is 2.47. The van der Waals surface area contributed by atoms with Crippen molar-refractivity contribution in [3.05, 3.63) is 48.6 Å². The summed E-state index contributed by atoms with van der Waals surface area (Å²) in [7, 11) is 0. The van der Waals surface area contributed by atoms with Gasteiger partial charge < -0.3 is 0 Å². The normalized spacial score (nSPS) is 32.0. The number of unbranched alkanes of at least 4 members (excludes halogenated alkanes) is 1. The summed E-state index contributed by atoms with van der Waals surface area (Å²) in [6.45, 7) is 15.2. The summed E-state index contributed by atoms with van der Waals surface area (Å²) in [4.78, 5) is 0. The molecule has 0 saturated heterocycles. The number of hydrogen-bond acceptors (Lipinski definition) is 0. The van der Waals surface area contributed by atoms with E-state index in [1.165, 1.54) is 37.7 Å². The Kier molecular flexibility index (Phi) is 6.29. The third-order valence-electron chi connectivity index (χ3n) is 5.76. The fraction of sp³-hybridized carbons (Fsp3) is 0.636. The van der Waals surface area contributed by atoms with Gasteiger partial charge in [-0.05, 0) is 74.2 Å². The van der Waals surface area contributed by atoms with Crippen LogP contribution in [0.3, 0.4) is 0 Å². The predicted molar refractivity (Wildman–Crippen MR) is 98.7 cm³/mol. The molecule has 0 heterocycles. The lowest BCUT2D eigenvalue weighted by Crippen LogP contribution is -2.37. The van der Waals surface area contributed by atoms with Gasteiger partial charge in [-0.1, -0.05) is 50.1 Å². The van der Waals surface area contributed by atoms with Crippen LogP contribution >= 0.6 is 0 Å². The van der Waals surface area contributed by atoms with E-state index in [-0.39, 0.29) is 0 Å². The van der Waals surface area contributed by atoms with Crippen LogP contribution in [0, 0.1) is 29.6 Å². The van der Waals surface area contributed by atoms with Crippen LogP contribution in [-0.4, -0.2) is 0 Å². The van der Waals surface area contributed by atoms with E-state index in [4.69, 9.17) is 0 Å². The Morgan fingerprint density at radius 2 is 2.23 bits per heavy atom. The SMILES string of the molecule is C=CCCCC(C)C1C(C)C=CC2=CCCC(CC(=C)C)C21. The summed E-state index contributed by atoms with van der Waals surface area (Å²) in [5.74, 6) is 3.84. The van der Waals surface area contributed by atoms with Crippen molar-refractivity contribution in [2.24, 2.45) is 29.6 Å². The minimum atomic E-state index is 0.701. The Balaban J connectivity index is 2.18. The van der Waals surface area contributed by atoms with Crippen LogP contribution < -0.4 is 0 Å². The first-order valence-corrected chi connectivity index (χ1v) is 9.18. The summed E-state index contributed by atoms with van der Waals surface area (Å²) in [5.41, 5.74) is 2.97. The highest BCUT2D eigenvalue weighted by atomic mass is 14.4. The van der Waals surface area contributed by atoms with E-state index in [2.05, 4.69) is 58.2 Å². The molecule has 5 unspecified atom stereocenters. The van der Waals surface area contributed by atoms with Gasteiger partial charge in [-0.15, -0.1) is 13.2 Å². The highest BCUT2D eigenvalue weighted by molar-refractivity contribution is 5.30. The zero-order valence-corrected chi connectivity index (χ0v) is 14.9. The Labute approximate surface area is 138 Å². The second-order valence-corrected chi connectivity index (χ2v) is 7.72. The first kappa shape index (κ1) is 17.3. The molecular weight excluding hydrogens is 264 g/mol. The molecule has 122 valence electrons. The molecule has 2 aliphatic carbocycles. The monoisotopic (exact) mass is 298 g/mol. The number of hydrogen-bond donors (Lipinski definition) is 0. The smallest absolute Gasteiger partial charge is 0.00973 e. The fourth-order valence-corrected chi connectivity index (χ4v) is 4.81. The molecule has 2 aliphatic rings. The van der Waals surface area contributed by atoms with Gasteiger partial charge in [-0.3, -0.25) is 0 Å². The van der Waals surface area contributed by atoms with Crippen LogP contribution in [0.2, 0.25) is 0 Å². The average molecular weight is 299 g/mol. The van der Waals surface area contributed by atoms with Gasteiger partial charge >= 0.3 is 0 Å². The van der Waals surface area contributed by atoms with Crippen molar-refractivity contribution in [1.82, 2.24) is 0 Å². The Hall–Kier alpha value is -1.04. The van der Waals surface area contributed by atoms with Crippen LogP contribution in [0.15, 0.2) is 48.6 Å². The van der Waals surface area contributed by atoms with Gasteiger partial charge in [0.25, 0.3) is 0 Å². The summed E-state index contributed by atoms with van der Waals surface area (Å²) in [6, 6.07) is 0. The van der Waals surface area contributed by atoms with Crippen LogP contribution in [0.4, 0.5) is 0 Å². The van der Waals surface area contributed by atoms with Gasteiger partial charge in [0.2, 0.25) is 0 Å². The Morgan fingerprint density at radius 1 is 1.45 bits per heavy atom. The standard InChI is InChI=1S/C22H34/c1-6-7-8-10-17(4)21-18(5)13-14-19-11-9-12-20(22(19)21)15-16(2)3/h6,11,13-14,17-18,20-22H,1-2,7-10,12,15H2,3-5H3. The molecular formula is C22H34. The zero-order valence-electron chi connectivity index (χ0n) is 14.9. The van der Waals surface area contributed by atoms with Gasteiger partial charge in [0.05, 0.1) is 0 Å². The summed E-state index contributed by atoms with van der Waals surface area (Å²) >= 11 is 0. The molecule has 0 radical (unpaired) electrons. The van der Waals surface area contributed by atoms with E-state index >= 15 is 0 Å². The Morgan fingerprint density at radius 3 is 2.91 bits per heavy atom. The van der Waals surface area contributed by atoms with Gasteiger partial charge in [0.15, 0.2) is 0 Å². The maximum atomic E-state index is 4.19. The second kappa shape index (κ2) is 7.99. The number of fused-ring (bicyclic) bond motifs is 1. The molecule has 0 aliphatic heterocycles. The van der Waals surface area contributed by atoms with Crippen molar-refractivity contribution in [1.29, 1.82) is 0 Å². The van der Waals surface area contributed by atoms with Crippen molar-refractivity contribution in [3.8, 4) is 0 Å². The summed E-state index contributed by atoms with van der Waals surface area (Å²) < 4.78 is 0. The van der Waals surface area contributed by atoms with Crippen molar-refractivity contribution < 1.29 is 0 Å². The summed E-state index contributed by atoms with van der Waals surface area (Å²) in [6.07, 6.45) is 17.0. The molecule has 0 fully saturated rings. The molecule has 22 heavy (non-hydrogen) atoms. The van der Waals surface area contributed by atoms with E-state index in [0.717, 1.165) is 30.1 Å². The molecule has 0 bridgehead atoms. The second-order valence-electron chi connectivity index (χ2n) is 7.72. The maximum absolute atomic E-state index is 4.19. The molecule has 2 rings (SSSR count). The van der Waals surface area contributed by atoms with E-state index < -0.39 is 0 Å². The molecule has 5 atom stereocenters. The van der Waals surface area contributed by atoms with Crippen molar-refractivity contribution >= 4 is 0 Å². The van der Waals surface area contributed by atoms with Crippen molar-refractivity contribution in [3.63, 3.8) is 0 Å². The number of allylic oxidation sites excluding steroid dienone is 6. The van der Waals surface area contributed by atoms with Crippen molar-refractivity contribution in [2.75, 3.05) is 0 Å². The maximum Gasteiger partial charge on any atom is -0.00973 e. The van der Waals surface area contributed by atoms with E-state index in [1.807, 2.05) is 0 Å². The van der Waals surface area contributed by atoms with E-state index in [0.29, 0.717) is 5.92 Å². The largest absolute Gasteiger partial charge is 0.103 e. The van der Waals surface area contributed by atoms with Crippen LogP contribution in [0.25, 0.3) is 0 Å². The quantitative estimate of drug-likeness (QED) is 0.361. The molecule has 0 N–H and O–H groups in total. The fourth-order valence-electron chi connectivity index (χ4n) is 4.81. The molecule has 0 saturated carbocycles. The molecule has 0 aromatic carbocycles. The first-order chi connectivity index (χ1) is 10.5. The molecule has 0 heteroatoms. The lowest BCUT2D eigenvalue weighted by molar-refractivity contribution is 0.136. The van der Waals surface area contributed by atoms with Crippen molar-refractivity contribution in [2.45, 2.75) is 59.3 Å². The van der Waals surface area contributed by atoms with Gasteiger partial charge in [-0.25, -0.2) is 0 Å².